The largest absolute Gasteiger partial charge is 0.497 e. The molecule has 2 aromatic carbocycles. The standard InChI is InChI=1S/C25H22N6O3/c1-3-34-25(32)23-21-13-30-22(10-15-12-26-19-7-5-4-6-17(15)19)28-29-24(30)18-11-16(33-2)8-9-20(18)31(21)14-27-23/h4-9,11-12,14,26H,3,10,13H2,1-2H3. The maximum absolute atomic E-state index is 12.7. The molecule has 170 valence electrons. The molecule has 6 rings (SSSR count). The molecule has 0 amide bonds. The summed E-state index contributed by atoms with van der Waals surface area (Å²) in [4.78, 5) is 20.4. The quantitative estimate of drug-likeness (QED) is 0.398. The van der Waals surface area contributed by atoms with Gasteiger partial charge in [-0.3, -0.25) is 4.57 Å². The van der Waals surface area contributed by atoms with E-state index < -0.39 is 5.97 Å². The van der Waals surface area contributed by atoms with E-state index in [9.17, 15) is 4.79 Å². The second-order valence-corrected chi connectivity index (χ2v) is 8.08. The first-order chi connectivity index (χ1) is 16.7. The van der Waals surface area contributed by atoms with Gasteiger partial charge in [-0.2, -0.15) is 0 Å². The molecule has 1 aliphatic heterocycles. The summed E-state index contributed by atoms with van der Waals surface area (Å²) in [6.07, 6.45) is 4.25. The van der Waals surface area contributed by atoms with Crippen molar-refractivity contribution < 1.29 is 14.3 Å². The molecule has 0 bridgehead atoms. The van der Waals surface area contributed by atoms with Crippen molar-refractivity contribution in [3.05, 3.63) is 77.8 Å². The van der Waals surface area contributed by atoms with Crippen LogP contribution in [0.5, 0.6) is 5.75 Å². The van der Waals surface area contributed by atoms with Crippen molar-refractivity contribution in [1.29, 1.82) is 0 Å². The number of hydrogen-bond acceptors (Lipinski definition) is 6. The fourth-order valence-electron chi connectivity index (χ4n) is 4.56. The second kappa shape index (κ2) is 7.87. The molecule has 9 nitrogen and oxygen atoms in total. The van der Waals surface area contributed by atoms with Gasteiger partial charge >= 0.3 is 5.97 Å². The second-order valence-electron chi connectivity index (χ2n) is 8.08. The Bertz CT molecular complexity index is 1540. The predicted octanol–water partition coefficient (Wildman–Crippen LogP) is 3.75. The molecule has 9 heteroatoms. The van der Waals surface area contributed by atoms with Crippen LogP contribution in [-0.4, -0.2) is 49.0 Å². The van der Waals surface area contributed by atoms with E-state index in [0.29, 0.717) is 30.2 Å². The predicted molar refractivity (Wildman–Crippen MR) is 125 cm³/mol. The van der Waals surface area contributed by atoms with Crippen LogP contribution in [0.3, 0.4) is 0 Å². The molecular formula is C25H22N6O3. The number of fused-ring (bicyclic) bond motifs is 6. The van der Waals surface area contributed by atoms with E-state index >= 15 is 0 Å². The summed E-state index contributed by atoms with van der Waals surface area (Å²) >= 11 is 0. The number of carbonyl (C=O) groups is 1. The van der Waals surface area contributed by atoms with E-state index in [1.165, 1.54) is 0 Å². The Balaban J connectivity index is 1.53. The molecule has 34 heavy (non-hydrogen) atoms. The molecule has 0 fully saturated rings. The summed E-state index contributed by atoms with van der Waals surface area (Å²) in [5.41, 5.74) is 4.92. The Morgan fingerprint density at radius 3 is 2.91 bits per heavy atom. The third kappa shape index (κ3) is 3.08. The number of aromatic amines is 1. The number of nitrogens with zero attached hydrogens (tertiary/aromatic N) is 5. The number of para-hydroxylation sites is 1. The van der Waals surface area contributed by atoms with Gasteiger partial charge in [0.05, 0.1) is 31.6 Å². The summed E-state index contributed by atoms with van der Waals surface area (Å²) in [5.74, 6) is 1.77. The first-order valence-corrected chi connectivity index (χ1v) is 11.1. The average molecular weight is 454 g/mol. The lowest BCUT2D eigenvalue weighted by Gasteiger charge is -2.10. The normalized spacial score (nSPS) is 12.1. The van der Waals surface area contributed by atoms with Crippen LogP contribution in [-0.2, 0) is 17.7 Å². The van der Waals surface area contributed by atoms with E-state index in [4.69, 9.17) is 9.47 Å². The Labute approximate surface area is 195 Å². The molecule has 0 aliphatic carbocycles. The molecule has 3 aromatic heterocycles. The van der Waals surface area contributed by atoms with Crippen LogP contribution in [0.1, 0.15) is 34.5 Å². The molecule has 5 aromatic rings. The lowest BCUT2D eigenvalue weighted by atomic mass is 10.1. The van der Waals surface area contributed by atoms with Gasteiger partial charge in [-0.05, 0) is 36.8 Å². The first kappa shape index (κ1) is 20.2. The smallest absolute Gasteiger partial charge is 0.358 e. The lowest BCUT2D eigenvalue weighted by Crippen LogP contribution is -2.13. The number of rotatable bonds is 5. The Morgan fingerprint density at radius 1 is 1.18 bits per heavy atom. The molecule has 0 atom stereocenters. The highest BCUT2D eigenvalue weighted by Gasteiger charge is 2.29. The lowest BCUT2D eigenvalue weighted by molar-refractivity contribution is 0.0518. The highest BCUT2D eigenvalue weighted by molar-refractivity contribution is 5.89. The van der Waals surface area contributed by atoms with Crippen LogP contribution >= 0.6 is 0 Å². The van der Waals surface area contributed by atoms with E-state index in [1.807, 2.05) is 45.7 Å². The minimum atomic E-state index is -0.444. The zero-order chi connectivity index (χ0) is 23.2. The van der Waals surface area contributed by atoms with E-state index in [-0.39, 0.29) is 6.61 Å². The number of methoxy groups -OCH3 is 1. The van der Waals surface area contributed by atoms with Crippen molar-refractivity contribution in [2.24, 2.45) is 0 Å². The molecule has 0 unspecified atom stereocenters. The first-order valence-electron chi connectivity index (χ1n) is 11.1. The molecule has 4 heterocycles. The van der Waals surface area contributed by atoms with Gasteiger partial charge < -0.3 is 19.0 Å². The fourth-order valence-corrected chi connectivity index (χ4v) is 4.56. The number of esters is 1. The molecule has 0 spiro atoms. The van der Waals surface area contributed by atoms with Crippen molar-refractivity contribution in [2.75, 3.05) is 13.7 Å². The Morgan fingerprint density at radius 2 is 2.06 bits per heavy atom. The third-order valence-corrected chi connectivity index (χ3v) is 6.20. The third-order valence-electron chi connectivity index (χ3n) is 6.20. The summed E-state index contributed by atoms with van der Waals surface area (Å²) < 4.78 is 14.7. The maximum atomic E-state index is 12.7. The van der Waals surface area contributed by atoms with E-state index in [2.05, 4.69) is 32.3 Å². The number of aromatic nitrogens is 6. The highest BCUT2D eigenvalue weighted by Crippen LogP contribution is 2.35. The number of H-pyrrole nitrogens is 1. The topological polar surface area (TPSA) is 99.9 Å². The van der Waals surface area contributed by atoms with Crippen LogP contribution < -0.4 is 4.74 Å². The van der Waals surface area contributed by atoms with Gasteiger partial charge in [0, 0.05) is 29.1 Å². The number of nitrogens with one attached hydrogen (secondary N) is 1. The fraction of sp³-hybridized carbons (Fsp3) is 0.200. The van der Waals surface area contributed by atoms with Crippen molar-refractivity contribution >= 4 is 16.9 Å². The van der Waals surface area contributed by atoms with Crippen LogP contribution in [0.15, 0.2) is 55.0 Å². The zero-order valence-electron chi connectivity index (χ0n) is 18.8. The zero-order valence-corrected chi connectivity index (χ0v) is 18.8. The van der Waals surface area contributed by atoms with Gasteiger partial charge in [-0.1, -0.05) is 18.2 Å². The monoisotopic (exact) mass is 454 g/mol. The number of hydrogen-bond donors (Lipinski definition) is 1. The van der Waals surface area contributed by atoms with Crippen LogP contribution in [0.25, 0.3) is 28.0 Å². The van der Waals surface area contributed by atoms with Crippen LogP contribution in [0.4, 0.5) is 0 Å². The number of ether oxygens (including phenoxy) is 2. The summed E-state index contributed by atoms with van der Waals surface area (Å²) in [6.45, 7) is 2.44. The van der Waals surface area contributed by atoms with Gasteiger partial charge in [0.2, 0.25) is 0 Å². The summed E-state index contributed by atoms with van der Waals surface area (Å²) in [5, 5.41) is 10.3. The molecule has 0 saturated heterocycles. The minimum Gasteiger partial charge on any atom is -0.497 e. The molecule has 1 N–H and O–H groups in total. The van der Waals surface area contributed by atoms with Crippen molar-refractivity contribution in [3.8, 4) is 22.8 Å². The van der Waals surface area contributed by atoms with Crippen molar-refractivity contribution in [2.45, 2.75) is 19.9 Å². The van der Waals surface area contributed by atoms with Crippen LogP contribution in [0, 0.1) is 0 Å². The maximum Gasteiger partial charge on any atom is 0.358 e. The molecule has 0 saturated carbocycles. The molecular weight excluding hydrogens is 432 g/mol. The van der Waals surface area contributed by atoms with Crippen molar-refractivity contribution in [3.63, 3.8) is 0 Å². The number of benzene rings is 2. The molecule has 0 radical (unpaired) electrons. The summed E-state index contributed by atoms with van der Waals surface area (Å²) in [6, 6.07) is 13.9. The van der Waals surface area contributed by atoms with Crippen LogP contribution in [0.2, 0.25) is 0 Å². The van der Waals surface area contributed by atoms with E-state index in [0.717, 1.165) is 39.2 Å². The molecule has 1 aliphatic rings. The van der Waals surface area contributed by atoms with Gasteiger partial charge in [0.1, 0.15) is 17.9 Å². The minimum absolute atomic E-state index is 0.280. The summed E-state index contributed by atoms with van der Waals surface area (Å²) in [7, 11) is 1.63. The average Bonchev–Trinajstić information content (AvgIpc) is 3.56. The highest BCUT2D eigenvalue weighted by atomic mass is 16.5. The van der Waals surface area contributed by atoms with Gasteiger partial charge in [-0.25, -0.2) is 9.78 Å². The number of carbonyl (C=O) groups excluding carboxylic acids is 1. The van der Waals surface area contributed by atoms with Crippen molar-refractivity contribution in [1.82, 2.24) is 29.3 Å². The number of imidazole rings is 1. The van der Waals surface area contributed by atoms with Gasteiger partial charge in [0.25, 0.3) is 0 Å². The Hall–Kier alpha value is -4.40. The van der Waals surface area contributed by atoms with Gasteiger partial charge in [0.15, 0.2) is 11.5 Å². The van der Waals surface area contributed by atoms with E-state index in [1.54, 1.807) is 20.4 Å². The SMILES string of the molecule is CCOC(=O)c1ncn2c1Cn1c(Cc3c[nH]c4ccccc34)nnc1-c1cc(OC)ccc1-2. The Kier molecular flexibility index (Phi) is 4.68. The van der Waals surface area contributed by atoms with Gasteiger partial charge in [-0.15, -0.1) is 10.2 Å².